The van der Waals surface area contributed by atoms with E-state index in [1.54, 1.807) is 31.5 Å². The van der Waals surface area contributed by atoms with Gasteiger partial charge in [0.15, 0.2) is 0 Å². The molecule has 19 heavy (non-hydrogen) atoms. The van der Waals surface area contributed by atoms with E-state index >= 15 is 0 Å². The number of H-pyrrole nitrogens is 1. The minimum absolute atomic E-state index is 0.127. The third kappa shape index (κ3) is 3.01. The Morgan fingerprint density at radius 1 is 1.42 bits per heavy atom. The Kier molecular flexibility index (Phi) is 3.98. The first-order valence-electron chi connectivity index (χ1n) is 5.81. The molecule has 0 saturated carbocycles. The summed E-state index contributed by atoms with van der Waals surface area (Å²) in [5.74, 6) is 0.566. The highest BCUT2D eigenvalue weighted by Crippen LogP contribution is 2.18. The van der Waals surface area contributed by atoms with Crippen LogP contribution in [0.5, 0.6) is 0 Å². The number of nitrogens with zero attached hydrogens (tertiary/aromatic N) is 1. The van der Waals surface area contributed by atoms with Crippen molar-refractivity contribution in [2.24, 2.45) is 5.73 Å². The number of imidazole rings is 1. The quantitative estimate of drug-likeness (QED) is 0.748. The molecular weight excluding hydrogens is 264 g/mol. The summed E-state index contributed by atoms with van der Waals surface area (Å²) in [6.07, 6.45) is 3.22. The van der Waals surface area contributed by atoms with Gasteiger partial charge in [0.2, 0.25) is 10.0 Å². The predicted molar refractivity (Wildman–Crippen MR) is 71.7 cm³/mol. The Bertz CT molecular complexity index is 650. The van der Waals surface area contributed by atoms with Gasteiger partial charge in [-0.05, 0) is 24.1 Å². The van der Waals surface area contributed by atoms with Gasteiger partial charge in [-0.25, -0.2) is 18.1 Å². The van der Waals surface area contributed by atoms with Gasteiger partial charge in [0.05, 0.1) is 11.4 Å². The average Bonchev–Trinajstić information content (AvgIpc) is 2.90. The van der Waals surface area contributed by atoms with Crippen molar-refractivity contribution in [3.05, 3.63) is 47.5 Å². The average molecular weight is 280 g/mol. The largest absolute Gasteiger partial charge is 0.347 e. The van der Waals surface area contributed by atoms with Gasteiger partial charge in [-0.2, -0.15) is 0 Å². The Morgan fingerprint density at radius 2 is 2.21 bits per heavy atom. The number of rotatable bonds is 5. The highest BCUT2D eigenvalue weighted by molar-refractivity contribution is 7.89. The Labute approximate surface area is 112 Å². The van der Waals surface area contributed by atoms with Gasteiger partial charge in [-0.3, -0.25) is 0 Å². The molecule has 0 bridgehead atoms. The maximum atomic E-state index is 12.2. The second kappa shape index (κ2) is 5.52. The minimum atomic E-state index is -3.57. The number of aromatic amines is 1. The Morgan fingerprint density at radius 3 is 2.84 bits per heavy atom. The third-order valence-corrected chi connectivity index (χ3v) is 4.44. The SMILES string of the molecule is Cc1c(CN)cccc1S(=O)(=O)NCc1ncc[nH]1. The van der Waals surface area contributed by atoms with Crippen LogP contribution in [0.4, 0.5) is 0 Å². The van der Waals surface area contributed by atoms with Gasteiger partial charge >= 0.3 is 0 Å². The second-order valence-electron chi connectivity index (χ2n) is 4.10. The van der Waals surface area contributed by atoms with Crippen LogP contribution in [-0.4, -0.2) is 18.4 Å². The molecule has 6 nitrogen and oxygen atoms in total. The van der Waals surface area contributed by atoms with Gasteiger partial charge in [0.25, 0.3) is 0 Å². The Hall–Kier alpha value is -1.70. The van der Waals surface area contributed by atoms with E-state index in [1.807, 2.05) is 6.07 Å². The van der Waals surface area contributed by atoms with Crippen molar-refractivity contribution in [1.29, 1.82) is 0 Å². The van der Waals surface area contributed by atoms with Crippen molar-refractivity contribution in [3.8, 4) is 0 Å². The molecular formula is C12H16N4O2S. The van der Waals surface area contributed by atoms with Gasteiger partial charge in [-0.1, -0.05) is 12.1 Å². The van der Waals surface area contributed by atoms with Gasteiger partial charge < -0.3 is 10.7 Å². The second-order valence-corrected chi connectivity index (χ2v) is 5.84. The molecule has 0 aliphatic rings. The lowest BCUT2D eigenvalue weighted by atomic mass is 10.1. The first kappa shape index (κ1) is 13.7. The fourth-order valence-corrected chi connectivity index (χ4v) is 3.08. The summed E-state index contributed by atoms with van der Waals surface area (Å²) in [7, 11) is -3.57. The number of nitrogens with two attached hydrogens (primary N) is 1. The van der Waals surface area contributed by atoms with Crippen LogP contribution in [-0.2, 0) is 23.1 Å². The highest BCUT2D eigenvalue weighted by atomic mass is 32.2. The lowest BCUT2D eigenvalue weighted by Gasteiger charge is -2.11. The van der Waals surface area contributed by atoms with Crippen LogP contribution in [0.1, 0.15) is 17.0 Å². The molecule has 2 rings (SSSR count). The van der Waals surface area contributed by atoms with E-state index in [-0.39, 0.29) is 11.4 Å². The van der Waals surface area contributed by atoms with Crippen molar-refractivity contribution in [3.63, 3.8) is 0 Å². The molecule has 0 radical (unpaired) electrons. The van der Waals surface area contributed by atoms with Crippen molar-refractivity contribution >= 4 is 10.0 Å². The lowest BCUT2D eigenvalue weighted by molar-refractivity contribution is 0.579. The van der Waals surface area contributed by atoms with E-state index < -0.39 is 10.0 Å². The summed E-state index contributed by atoms with van der Waals surface area (Å²) in [5.41, 5.74) is 7.08. The fourth-order valence-electron chi connectivity index (χ4n) is 1.81. The summed E-state index contributed by atoms with van der Waals surface area (Å²) in [6.45, 7) is 2.19. The summed E-state index contributed by atoms with van der Waals surface area (Å²) >= 11 is 0. The van der Waals surface area contributed by atoms with E-state index in [1.165, 1.54) is 0 Å². The summed E-state index contributed by atoms with van der Waals surface area (Å²) < 4.78 is 27.0. The summed E-state index contributed by atoms with van der Waals surface area (Å²) in [5, 5.41) is 0. The van der Waals surface area contributed by atoms with Crippen LogP contribution in [0, 0.1) is 6.92 Å². The third-order valence-electron chi connectivity index (χ3n) is 2.89. The monoisotopic (exact) mass is 280 g/mol. The molecule has 2 aromatic rings. The molecule has 102 valence electrons. The predicted octanol–water partition coefficient (Wildman–Crippen LogP) is 0.655. The number of hydrogen-bond donors (Lipinski definition) is 3. The van der Waals surface area contributed by atoms with E-state index in [0.717, 1.165) is 5.56 Å². The van der Waals surface area contributed by atoms with Crippen LogP contribution < -0.4 is 10.5 Å². The van der Waals surface area contributed by atoms with Gasteiger partial charge in [0, 0.05) is 18.9 Å². The first-order valence-corrected chi connectivity index (χ1v) is 7.29. The highest BCUT2D eigenvalue weighted by Gasteiger charge is 2.18. The molecule has 1 aromatic carbocycles. The zero-order chi connectivity index (χ0) is 13.9. The smallest absolute Gasteiger partial charge is 0.241 e. The summed E-state index contributed by atoms with van der Waals surface area (Å²) in [4.78, 5) is 7.06. The van der Waals surface area contributed by atoms with Crippen molar-refractivity contribution in [2.75, 3.05) is 0 Å². The van der Waals surface area contributed by atoms with Crippen molar-refractivity contribution in [2.45, 2.75) is 24.9 Å². The molecule has 1 heterocycles. The first-order chi connectivity index (χ1) is 9.04. The number of hydrogen-bond acceptors (Lipinski definition) is 4. The van der Waals surface area contributed by atoms with Crippen LogP contribution >= 0.6 is 0 Å². The molecule has 0 aliphatic carbocycles. The fraction of sp³-hybridized carbons (Fsp3) is 0.250. The van der Waals surface area contributed by atoms with Gasteiger partial charge in [0.1, 0.15) is 5.82 Å². The standard InChI is InChI=1S/C12H16N4O2S/c1-9-10(7-13)3-2-4-11(9)19(17,18)16-8-12-14-5-6-15-12/h2-6,16H,7-8,13H2,1H3,(H,14,15). The molecule has 0 spiro atoms. The number of nitrogens with one attached hydrogen (secondary N) is 2. The normalized spacial score (nSPS) is 11.7. The molecule has 4 N–H and O–H groups in total. The topological polar surface area (TPSA) is 101 Å². The van der Waals surface area contributed by atoms with Crippen LogP contribution in [0.25, 0.3) is 0 Å². The molecule has 7 heteroatoms. The van der Waals surface area contributed by atoms with Crippen LogP contribution in [0.15, 0.2) is 35.5 Å². The van der Waals surface area contributed by atoms with E-state index in [9.17, 15) is 8.42 Å². The molecule has 1 aromatic heterocycles. The lowest BCUT2D eigenvalue weighted by Crippen LogP contribution is -2.25. The van der Waals surface area contributed by atoms with Crippen molar-refractivity contribution < 1.29 is 8.42 Å². The van der Waals surface area contributed by atoms with E-state index in [0.29, 0.717) is 17.9 Å². The number of aromatic nitrogens is 2. The number of sulfonamides is 1. The van der Waals surface area contributed by atoms with E-state index in [4.69, 9.17) is 5.73 Å². The molecule has 0 amide bonds. The van der Waals surface area contributed by atoms with Crippen LogP contribution in [0.2, 0.25) is 0 Å². The Balaban J connectivity index is 2.24. The summed E-state index contributed by atoms with van der Waals surface area (Å²) in [6, 6.07) is 5.08. The maximum absolute atomic E-state index is 12.2. The van der Waals surface area contributed by atoms with E-state index in [2.05, 4.69) is 14.7 Å². The molecule has 0 fully saturated rings. The van der Waals surface area contributed by atoms with Crippen LogP contribution in [0.3, 0.4) is 0 Å². The molecule has 0 atom stereocenters. The van der Waals surface area contributed by atoms with Crippen molar-refractivity contribution in [1.82, 2.24) is 14.7 Å². The molecule has 0 unspecified atom stereocenters. The zero-order valence-electron chi connectivity index (χ0n) is 10.6. The molecule has 0 aliphatic heterocycles. The maximum Gasteiger partial charge on any atom is 0.241 e. The minimum Gasteiger partial charge on any atom is -0.347 e. The van der Waals surface area contributed by atoms with Gasteiger partial charge in [-0.15, -0.1) is 0 Å². The molecule has 0 saturated heterocycles. The number of benzene rings is 1. The zero-order valence-corrected chi connectivity index (χ0v) is 11.4.